The van der Waals surface area contributed by atoms with Crippen molar-refractivity contribution >= 4 is 15.9 Å². The van der Waals surface area contributed by atoms with E-state index in [0.717, 1.165) is 23.9 Å². The van der Waals surface area contributed by atoms with Gasteiger partial charge in [-0.2, -0.15) is 5.10 Å². The molecule has 0 saturated carbocycles. The van der Waals surface area contributed by atoms with Crippen LogP contribution >= 0.6 is 15.9 Å². The van der Waals surface area contributed by atoms with Gasteiger partial charge in [-0.15, -0.1) is 0 Å². The molecule has 0 aliphatic rings. The highest BCUT2D eigenvalue weighted by Crippen LogP contribution is 2.32. The first-order valence-corrected chi connectivity index (χ1v) is 7.06. The SMILES string of the molecule is CCCn1ncc(Br)c1C(CC(C)(C)C)NC. The van der Waals surface area contributed by atoms with Crippen LogP contribution in [0.15, 0.2) is 10.7 Å². The van der Waals surface area contributed by atoms with E-state index >= 15 is 0 Å². The monoisotopic (exact) mass is 301 g/mol. The van der Waals surface area contributed by atoms with E-state index in [1.54, 1.807) is 0 Å². The molecule has 0 spiro atoms. The second-order valence-corrected chi connectivity index (χ2v) is 6.56. The van der Waals surface area contributed by atoms with Crippen molar-refractivity contribution in [1.29, 1.82) is 0 Å². The molecule has 0 bridgehead atoms. The molecule has 3 nitrogen and oxygen atoms in total. The van der Waals surface area contributed by atoms with Gasteiger partial charge in [0.1, 0.15) is 0 Å². The molecule has 0 aliphatic carbocycles. The molecule has 0 amide bonds. The molecule has 1 atom stereocenters. The highest BCUT2D eigenvalue weighted by atomic mass is 79.9. The molecule has 17 heavy (non-hydrogen) atoms. The largest absolute Gasteiger partial charge is 0.312 e. The highest BCUT2D eigenvalue weighted by molar-refractivity contribution is 9.10. The minimum absolute atomic E-state index is 0.300. The number of nitrogens with zero attached hydrogens (tertiary/aromatic N) is 2. The van der Waals surface area contributed by atoms with Gasteiger partial charge < -0.3 is 5.32 Å². The van der Waals surface area contributed by atoms with Gasteiger partial charge in [-0.1, -0.05) is 27.7 Å². The molecule has 1 aromatic rings. The summed E-state index contributed by atoms with van der Waals surface area (Å²) in [5, 5.41) is 7.84. The van der Waals surface area contributed by atoms with Crippen LogP contribution in [0.3, 0.4) is 0 Å². The summed E-state index contributed by atoms with van der Waals surface area (Å²) in [5.74, 6) is 0. The van der Waals surface area contributed by atoms with Crippen molar-refractivity contribution in [2.75, 3.05) is 7.05 Å². The van der Waals surface area contributed by atoms with E-state index in [4.69, 9.17) is 0 Å². The highest BCUT2D eigenvalue weighted by Gasteiger charge is 2.23. The third kappa shape index (κ3) is 4.11. The first kappa shape index (κ1) is 14.7. The van der Waals surface area contributed by atoms with Crippen LogP contribution in [-0.2, 0) is 6.54 Å². The maximum atomic E-state index is 4.43. The van der Waals surface area contributed by atoms with Gasteiger partial charge in [-0.25, -0.2) is 0 Å². The molecule has 0 aliphatic heterocycles. The predicted molar refractivity (Wildman–Crippen MR) is 76.1 cm³/mol. The Hall–Kier alpha value is -0.350. The summed E-state index contributed by atoms with van der Waals surface area (Å²) in [5.41, 5.74) is 1.57. The zero-order valence-corrected chi connectivity index (χ0v) is 13.1. The Labute approximate surface area is 113 Å². The molecule has 1 heterocycles. The van der Waals surface area contributed by atoms with Crippen LogP contribution < -0.4 is 5.32 Å². The summed E-state index contributed by atoms with van der Waals surface area (Å²) in [4.78, 5) is 0. The molecule has 0 radical (unpaired) electrons. The van der Waals surface area contributed by atoms with Crippen LogP contribution in [0, 0.1) is 5.41 Å². The molecule has 1 aromatic heterocycles. The first-order valence-electron chi connectivity index (χ1n) is 6.27. The number of halogens is 1. The van der Waals surface area contributed by atoms with E-state index in [-0.39, 0.29) is 0 Å². The number of aryl methyl sites for hydroxylation is 1. The second kappa shape index (κ2) is 6.01. The third-order valence-corrected chi connectivity index (χ3v) is 3.37. The van der Waals surface area contributed by atoms with Gasteiger partial charge >= 0.3 is 0 Å². The lowest BCUT2D eigenvalue weighted by Gasteiger charge is -2.26. The average Bonchev–Trinajstić information content (AvgIpc) is 2.56. The number of hydrogen-bond acceptors (Lipinski definition) is 2. The fourth-order valence-corrected chi connectivity index (χ4v) is 2.63. The molecule has 1 unspecified atom stereocenters. The van der Waals surface area contributed by atoms with E-state index in [9.17, 15) is 0 Å². The van der Waals surface area contributed by atoms with Crippen molar-refractivity contribution in [3.63, 3.8) is 0 Å². The summed E-state index contributed by atoms with van der Waals surface area (Å²) in [6.45, 7) is 9.96. The lowest BCUT2D eigenvalue weighted by Crippen LogP contribution is -2.25. The molecule has 1 N–H and O–H groups in total. The van der Waals surface area contributed by atoms with E-state index < -0.39 is 0 Å². The average molecular weight is 302 g/mol. The molecule has 0 fully saturated rings. The predicted octanol–water partition coefficient (Wildman–Crippen LogP) is 3.75. The van der Waals surface area contributed by atoms with Crippen molar-refractivity contribution in [3.05, 3.63) is 16.4 Å². The normalized spacial score (nSPS) is 14.0. The Morgan fingerprint density at radius 3 is 2.59 bits per heavy atom. The van der Waals surface area contributed by atoms with Crippen molar-refractivity contribution in [3.8, 4) is 0 Å². The Kier molecular flexibility index (Phi) is 5.20. The molecule has 1 rings (SSSR count). The maximum Gasteiger partial charge on any atom is 0.0695 e. The zero-order chi connectivity index (χ0) is 13.1. The Morgan fingerprint density at radius 2 is 2.12 bits per heavy atom. The first-order chi connectivity index (χ1) is 7.89. The van der Waals surface area contributed by atoms with Crippen LogP contribution in [0.1, 0.15) is 52.3 Å². The third-order valence-electron chi connectivity index (χ3n) is 2.76. The molecule has 0 aromatic carbocycles. The van der Waals surface area contributed by atoms with E-state index in [2.05, 4.69) is 58.7 Å². The number of rotatable bonds is 5. The topological polar surface area (TPSA) is 29.9 Å². The Balaban J connectivity index is 2.98. The van der Waals surface area contributed by atoms with Crippen LogP contribution in [-0.4, -0.2) is 16.8 Å². The zero-order valence-electron chi connectivity index (χ0n) is 11.5. The smallest absolute Gasteiger partial charge is 0.0695 e. The van der Waals surface area contributed by atoms with Crippen molar-refractivity contribution in [2.45, 2.75) is 53.1 Å². The summed E-state index contributed by atoms with van der Waals surface area (Å²) in [6, 6.07) is 0.346. The van der Waals surface area contributed by atoms with Gasteiger partial charge in [-0.3, -0.25) is 4.68 Å². The lowest BCUT2D eigenvalue weighted by atomic mass is 9.87. The Bertz CT molecular complexity index is 352. The molecular formula is C13H24BrN3. The van der Waals surface area contributed by atoms with Gasteiger partial charge in [-0.05, 0) is 41.2 Å². The number of aromatic nitrogens is 2. The van der Waals surface area contributed by atoms with Crippen molar-refractivity contribution in [2.24, 2.45) is 5.41 Å². The second-order valence-electron chi connectivity index (χ2n) is 5.71. The quantitative estimate of drug-likeness (QED) is 0.897. The van der Waals surface area contributed by atoms with Gasteiger partial charge in [0.05, 0.1) is 22.4 Å². The minimum Gasteiger partial charge on any atom is -0.312 e. The summed E-state index contributed by atoms with van der Waals surface area (Å²) >= 11 is 3.61. The fraction of sp³-hybridized carbons (Fsp3) is 0.769. The number of nitrogens with one attached hydrogen (secondary N) is 1. The van der Waals surface area contributed by atoms with Crippen molar-refractivity contribution < 1.29 is 0 Å². The van der Waals surface area contributed by atoms with E-state index in [1.807, 2.05) is 13.2 Å². The van der Waals surface area contributed by atoms with Crippen LogP contribution in [0.25, 0.3) is 0 Å². The van der Waals surface area contributed by atoms with Gasteiger partial charge in [0.15, 0.2) is 0 Å². The summed E-state index contributed by atoms with van der Waals surface area (Å²) < 4.78 is 3.21. The minimum atomic E-state index is 0.300. The lowest BCUT2D eigenvalue weighted by molar-refractivity contribution is 0.309. The summed E-state index contributed by atoms with van der Waals surface area (Å²) in [6.07, 6.45) is 4.10. The number of hydrogen-bond donors (Lipinski definition) is 1. The molecule has 98 valence electrons. The molecular weight excluding hydrogens is 278 g/mol. The van der Waals surface area contributed by atoms with Crippen LogP contribution in [0.2, 0.25) is 0 Å². The fourth-order valence-electron chi connectivity index (χ4n) is 2.06. The summed E-state index contributed by atoms with van der Waals surface area (Å²) in [7, 11) is 2.02. The van der Waals surface area contributed by atoms with Crippen molar-refractivity contribution in [1.82, 2.24) is 15.1 Å². The van der Waals surface area contributed by atoms with E-state index in [1.165, 1.54) is 5.69 Å². The van der Waals surface area contributed by atoms with Gasteiger partial charge in [0, 0.05) is 6.54 Å². The van der Waals surface area contributed by atoms with Crippen LogP contribution in [0.5, 0.6) is 0 Å². The molecule has 0 saturated heterocycles. The van der Waals surface area contributed by atoms with E-state index in [0.29, 0.717) is 11.5 Å². The standard InChI is InChI=1S/C13H24BrN3/c1-6-7-17-12(10(14)9-16-17)11(15-5)8-13(2,3)4/h9,11,15H,6-8H2,1-5H3. The van der Waals surface area contributed by atoms with Gasteiger partial charge in [0.25, 0.3) is 0 Å². The van der Waals surface area contributed by atoms with Gasteiger partial charge in [0.2, 0.25) is 0 Å². The Morgan fingerprint density at radius 1 is 1.47 bits per heavy atom. The maximum absolute atomic E-state index is 4.43. The van der Waals surface area contributed by atoms with Crippen LogP contribution in [0.4, 0.5) is 0 Å². The molecule has 4 heteroatoms.